The molecule has 0 aliphatic carbocycles. The van der Waals surface area contributed by atoms with Gasteiger partial charge < -0.3 is 9.32 Å². The number of hydrogen-bond donors (Lipinski definition) is 0. The van der Waals surface area contributed by atoms with E-state index in [0.717, 1.165) is 39.0 Å². The Labute approximate surface area is 345 Å². The molecule has 0 saturated carbocycles. The number of benzene rings is 10. The fourth-order valence-electron chi connectivity index (χ4n) is 9.12. The third kappa shape index (κ3) is 5.55. The molecule has 276 valence electrons. The standard InChI is InChI=1S/C56H35NOS/c1-2-12-36(13-3-1)37-22-26-40(27-23-37)57(42-30-31-48-47-18-8-10-20-51(47)58-52(48)35-42)41-28-24-38(25-29-41)44-32-33-54-56(49-19-9-11-21-53(49)59-54)55(44)50-34-39-14-4-5-15-43(39)45-16-6-7-17-46(45)50/h1-35H. The molecule has 0 N–H and O–H groups in total. The van der Waals surface area contributed by atoms with Gasteiger partial charge in [0.15, 0.2) is 0 Å². The lowest BCUT2D eigenvalue weighted by atomic mass is 9.86. The van der Waals surface area contributed by atoms with Gasteiger partial charge in [-0.3, -0.25) is 0 Å². The molecule has 10 aromatic carbocycles. The summed E-state index contributed by atoms with van der Waals surface area (Å²) in [6, 6.07) is 77.0. The minimum atomic E-state index is 0.870. The van der Waals surface area contributed by atoms with Crippen molar-refractivity contribution < 1.29 is 4.42 Å². The Morgan fingerprint density at radius 2 is 0.932 bits per heavy atom. The molecule has 0 aliphatic rings. The molecule has 0 fully saturated rings. The molecule has 0 bridgehead atoms. The maximum absolute atomic E-state index is 6.41. The monoisotopic (exact) mass is 769 g/mol. The number of fused-ring (bicyclic) bond motifs is 9. The molecule has 59 heavy (non-hydrogen) atoms. The van der Waals surface area contributed by atoms with Crippen molar-refractivity contribution in [2.24, 2.45) is 0 Å². The van der Waals surface area contributed by atoms with E-state index >= 15 is 0 Å². The molecule has 2 nitrogen and oxygen atoms in total. The Morgan fingerprint density at radius 3 is 1.73 bits per heavy atom. The Balaban J connectivity index is 1.05. The fourth-order valence-corrected chi connectivity index (χ4v) is 10.2. The predicted molar refractivity (Wildman–Crippen MR) is 253 cm³/mol. The van der Waals surface area contributed by atoms with Crippen LogP contribution in [0.15, 0.2) is 217 Å². The lowest BCUT2D eigenvalue weighted by molar-refractivity contribution is 0.669. The summed E-state index contributed by atoms with van der Waals surface area (Å²) in [5.41, 5.74) is 12.2. The third-order valence-corrected chi connectivity index (χ3v) is 13.0. The van der Waals surface area contributed by atoms with E-state index in [2.05, 4.69) is 205 Å². The summed E-state index contributed by atoms with van der Waals surface area (Å²) in [7, 11) is 0. The van der Waals surface area contributed by atoms with Crippen LogP contribution < -0.4 is 4.90 Å². The first-order valence-electron chi connectivity index (χ1n) is 20.1. The molecule has 0 saturated heterocycles. The molecule has 0 radical (unpaired) electrons. The van der Waals surface area contributed by atoms with Crippen LogP contribution in [0.2, 0.25) is 0 Å². The van der Waals surface area contributed by atoms with Crippen LogP contribution >= 0.6 is 11.3 Å². The number of nitrogens with zero attached hydrogens (tertiary/aromatic N) is 1. The van der Waals surface area contributed by atoms with Gasteiger partial charge in [0, 0.05) is 54.1 Å². The highest BCUT2D eigenvalue weighted by atomic mass is 32.1. The first-order valence-corrected chi connectivity index (χ1v) is 20.9. The van der Waals surface area contributed by atoms with Gasteiger partial charge in [0.25, 0.3) is 0 Å². The topological polar surface area (TPSA) is 16.4 Å². The second kappa shape index (κ2) is 13.6. The number of para-hydroxylation sites is 1. The normalized spacial score (nSPS) is 11.7. The molecule has 0 amide bonds. The van der Waals surface area contributed by atoms with Gasteiger partial charge in [0.1, 0.15) is 11.2 Å². The van der Waals surface area contributed by atoms with Crippen molar-refractivity contribution in [1.29, 1.82) is 0 Å². The van der Waals surface area contributed by atoms with E-state index in [4.69, 9.17) is 4.42 Å². The summed E-state index contributed by atoms with van der Waals surface area (Å²) < 4.78 is 9.01. The first kappa shape index (κ1) is 33.7. The van der Waals surface area contributed by atoms with Crippen molar-refractivity contribution in [3.8, 4) is 33.4 Å². The molecule has 3 heteroatoms. The molecule has 0 unspecified atom stereocenters. The van der Waals surface area contributed by atoms with Crippen LogP contribution in [0.1, 0.15) is 0 Å². The van der Waals surface area contributed by atoms with Crippen LogP contribution in [0, 0.1) is 0 Å². The summed E-state index contributed by atoms with van der Waals surface area (Å²) in [6.07, 6.45) is 0. The van der Waals surface area contributed by atoms with E-state index in [1.807, 2.05) is 23.5 Å². The first-order chi connectivity index (χ1) is 29.2. The van der Waals surface area contributed by atoms with Crippen LogP contribution in [0.3, 0.4) is 0 Å². The van der Waals surface area contributed by atoms with Crippen LogP contribution in [-0.2, 0) is 0 Å². The highest BCUT2D eigenvalue weighted by Gasteiger charge is 2.21. The summed E-state index contributed by atoms with van der Waals surface area (Å²) in [4.78, 5) is 2.33. The van der Waals surface area contributed by atoms with Gasteiger partial charge >= 0.3 is 0 Å². The Bertz CT molecular complexity index is 3540. The summed E-state index contributed by atoms with van der Waals surface area (Å²) in [5, 5.41) is 9.90. The van der Waals surface area contributed by atoms with E-state index in [9.17, 15) is 0 Å². The average Bonchev–Trinajstić information content (AvgIpc) is 3.88. The number of anilines is 3. The van der Waals surface area contributed by atoms with Gasteiger partial charge in [0.2, 0.25) is 0 Å². The van der Waals surface area contributed by atoms with Crippen molar-refractivity contribution in [2.45, 2.75) is 0 Å². The van der Waals surface area contributed by atoms with Crippen LogP contribution in [0.25, 0.3) is 97.0 Å². The number of hydrogen-bond acceptors (Lipinski definition) is 3. The lowest BCUT2D eigenvalue weighted by Crippen LogP contribution is -2.09. The van der Waals surface area contributed by atoms with E-state index in [0.29, 0.717) is 0 Å². The van der Waals surface area contributed by atoms with Crippen molar-refractivity contribution in [3.63, 3.8) is 0 Å². The second-order valence-corrected chi connectivity index (χ2v) is 16.3. The number of furan rings is 1. The van der Waals surface area contributed by atoms with Crippen molar-refractivity contribution >= 4 is 92.1 Å². The van der Waals surface area contributed by atoms with Gasteiger partial charge in [-0.25, -0.2) is 0 Å². The maximum Gasteiger partial charge on any atom is 0.137 e. The van der Waals surface area contributed by atoms with E-state index in [1.165, 1.54) is 75.1 Å². The van der Waals surface area contributed by atoms with Crippen LogP contribution in [0.5, 0.6) is 0 Å². The van der Waals surface area contributed by atoms with Crippen LogP contribution in [-0.4, -0.2) is 0 Å². The van der Waals surface area contributed by atoms with Gasteiger partial charge in [0.05, 0.1) is 0 Å². The Kier molecular flexibility index (Phi) is 7.75. The van der Waals surface area contributed by atoms with Gasteiger partial charge in [-0.05, 0) is 116 Å². The lowest BCUT2D eigenvalue weighted by Gasteiger charge is -2.26. The molecule has 0 atom stereocenters. The Hall–Kier alpha value is -7.46. The third-order valence-electron chi connectivity index (χ3n) is 11.9. The molecule has 0 aliphatic heterocycles. The summed E-state index contributed by atoms with van der Waals surface area (Å²) in [6.45, 7) is 0. The largest absolute Gasteiger partial charge is 0.456 e. The Morgan fingerprint density at radius 1 is 0.339 bits per heavy atom. The zero-order valence-electron chi connectivity index (χ0n) is 32.0. The van der Waals surface area contributed by atoms with E-state index < -0.39 is 0 Å². The molecule has 2 aromatic heterocycles. The van der Waals surface area contributed by atoms with Gasteiger partial charge in [-0.2, -0.15) is 0 Å². The van der Waals surface area contributed by atoms with E-state index in [1.54, 1.807) is 0 Å². The molecular weight excluding hydrogens is 735 g/mol. The molecule has 12 aromatic rings. The highest BCUT2D eigenvalue weighted by Crippen LogP contribution is 2.48. The molecule has 12 rings (SSSR count). The zero-order chi connectivity index (χ0) is 38.9. The van der Waals surface area contributed by atoms with Crippen molar-refractivity contribution in [2.75, 3.05) is 4.90 Å². The molecular formula is C56H35NOS. The highest BCUT2D eigenvalue weighted by molar-refractivity contribution is 7.26. The van der Waals surface area contributed by atoms with Gasteiger partial charge in [-0.1, -0.05) is 146 Å². The van der Waals surface area contributed by atoms with Crippen molar-refractivity contribution in [3.05, 3.63) is 212 Å². The summed E-state index contributed by atoms with van der Waals surface area (Å²) >= 11 is 1.87. The second-order valence-electron chi connectivity index (χ2n) is 15.2. The number of rotatable bonds is 6. The fraction of sp³-hybridized carbons (Fsp3) is 0. The minimum Gasteiger partial charge on any atom is -0.456 e. The summed E-state index contributed by atoms with van der Waals surface area (Å²) in [5.74, 6) is 0. The average molecular weight is 770 g/mol. The molecule has 2 heterocycles. The quantitative estimate of drug-likeness (QED) is 0.157. The van der Waals surface area contributed by atoms with Crippen LogP contribution in [0.4, 0.5) is 17.1 Å². The smallest absolute Gasteiger partial charge is 0.137 e. The number of thiophene rings is 1. The SMILES string of the molecule is c1ccc(-c2ccc(N(c3ccc(-c4ccc5sc6ccccc6c5c4-c4cc5ccccc5c5ccccc45)cc3)c3ccc4c(c3)oc3ccccc34)cc2)cc1. The van der Waals surface area contributed by atoms with Crippen molar-refractivity contribution in [1.82, 2.24) is 0 Å². The minimum absolute atomic E-state index is 0.870. The van der Waals surface area contributed by atoms with E-state index in [-0.39, 0.29) is 0 Å². The predicted octanol–water partition coefficient (Wildman–Crippen LogP) is 16.7. The zero-order valence-corrected chi connectivity index (χ0v) is 32.8. The molecule has 0 spiro atoms. The maximum atomic E-state index is 6.41. The van der Waals surface area contributed by atoms with Gasteiger partial charge in [-0.15, -0.1) is 11.3 Å².